The van der Waals surface area contributed by atoms with Crippen molar-refractivity contribution in [3.05, 3.63) is 182 Å². The minimum absolute atomic E-state index is 0.0833. The minimum atomic E-state index is -1.14. The van der Waals surface area contributed by atoms with Gasteiger partial charge in [0.2, 0.25) is 5.91 Å². The average Bonchev–Trinajstić information content (AvgIpc) is 3.24. The molecular formula is C48H41Cl2N3O6. The number of hydrogen-bond donors (Lipinski definition) is 2. The summed E-state index contributed by atoms with van der Waals surface area (Å²) >= 11 is 12.2. The molecule has 1 amide bonds. The van der Waals surface area contributed by atoms with Crippen LogP contribution in [-0.4, -0.2) is 44.7 Å². The van der Waals surface area contributed by atoms with Crippen molar-refractivity contribution < 1.29 is 29.0 Å². The summed E-state index contributed by atoms with van der Waals surface area (Å²) in [6.45, 7) is 3.10. The van der Waals surface area contributed by atoms with Gasteiger partial charge in [0, 0.05) is 43.3 Å². The Balaban J connectivity index is 0.975. The van der Waals surface area contributed by atoms with Crippen molar-refractivity contribution in [2.45, 2.75) is 64.1 Å². The number of halogens is 2. The molecule has 0 fully saturated rings. The number of nitrogens with one attached hydrogen (secondary N) is 1. The number of fused-ring (bicyclic) bond motifs is 2. The van der Waals surface area contributed by atoms with Crippen molar-refractivity contribution in [2.24, 2.45) is 0 Å². The Morgan fingerprint density at radius 2 is 1.59 bits per heavy atom. The average molecular weight is 827 g/mol. The van der Waals surface area contributed by atoms with E-state index in [9.17, 15) is 19.5 Å². The molecule has 59 heavy (non-hydrogen) atoms. The van der Waals surface area contributed by atoms with Crippen LogP contribution in [0.2, 0.25) is 10.0 Å². The monoisotopic (exact) mass is 825 g/mol. The molecule has 1 aromatic heterocycles. The molecule has 2 aliphatic rings. The van der Waals surface area contributed by atoms with Gasteiger partial charge in [0.15, 0.2) is 11.9 Å². The van der Waals surface area contributed by atoms with Gasteiger partial charge in [-0.1, -0.05) is 108 Å². The Labute approximate surface area is 352 Å². The number of ketones is 1. The predicted molar refractivity (Wildman–Crippen MR) is 227 cm³/mol. The summed E-state index contributed by atoms with van der Waals surface area (Å²) in [5.41, 5.74) is 9.07. The quantitative estimate of drug-likeness (QED) is 0.126. The minimum Gasteiger partial charge on any atom is -0.489 e. The molecule has 3 atom stereocenters. The lowest BCUT2D eigenvalue weighted by Crippen LogP contribution is -2.54. The topological polar surface area (TPSA) is 118 Å². The molecule has 0 saturated heterocycles. The highest BCUT2D eigenvalue weighted by molar-refractivity contribution is 6.42. The number of carbonyl (C=O) groups is 3. The van der Waals surface area contributed by atoms with Crippen LogP contribution in [0.4, 0.5) is 0 Å². The van der Waals surface area contributed by atoms with Crippen LogP contribution in [0.3, 0.4) is 0 Å². The van der Waals surface area contributed by atoms with Crippen LogP contribution in [0, 0.1) is 6.92 Å². The number of hydrogen-bond acceptors (Lipinski definition) is 7. The number of pyridine rings is 1. The third kappa shape index (κ3) is 9.34. The Morgan fingerprint density at radius 1 is 0.864 bits per heavy atom. The van der Waals surface area contributed by atoms with Gasteiger partial charge in [0.25, 0.3) is 0 Å². The van der Waals surface area contributed by atoms with Crippen LogP contribution >= 0.6 is 23.2 Å². The molecule has 1 unspecified atom stereocenters. The van der Waals surface area contributed by atoms with E-state index in [1.54, 1.807) is 18.3 Å². The van der Waals surface area contributed by atoms with Crippen molar-refractivity contribution in [3.8, 4) is 22.6 Å². The third-order valence-corrected chi connectivity index (χ3v) is 11.6. The SMILES string of the molecule is Cc1ccc(-c2ccc(C[C@H](NC(=O)[C@@H]3Cc4cc5c(cc4CN3Cc3ccccn3)OC(c3ccc(OCc4ccc(Cl)c(Cl)c4)cc3)C(=O)C5)C(=O)O)cc2)cc1. The van der Waals surface area contributed by atoms with Gasteiger partial charge in [-0.05, 0) is 89.2 Å². The van der Waals surface area contributed by atoms with Gasteiger partial charge in [-0.3, -0.25) is 19.5 Å². The number of rotatable bonds is 12. The number of aromatic nitrogens is 1. The summed E-state index contributed by atoms with van der Waals surface area (Å²) in [4.78, 5) is 46.8. The van der Waals surface area contributed by atoms with E-state index in [0.29, 0.717) is 53.2 Å². The van der Waals surface area contributed by atoms with E-state index in [1.807, 2.05) is 96.8 Å². The lowest BCUT2D eigenvalue weighted by Gasteiger charge is -2.37. The second-order valence-electron chi connectivity index (χ2n) is 15.1. The summed E-state index contributed by atoms with van der Waals surface area (Å²) in [5, 5.41) is 14.0. The molecule has 2 N–H and O–H groups in total. The van der Waals surface area contributed by atoms with Crippen molar-refractivity contribution in [1.29, 1.82) is 0 Å². The second kappa shape index (κ2) is 17.5. The van der Waals surface area contributed by atoms with E-state index < -0.39 is 24.2 Å². The van der Waals surface area contributed by atoms with Gasteiger partial charge in [-0.25, -0.2) is 4.79 Å². The number of carbonyl (C=O) groups excluding carboxylic acids is 2. The molecule has 8 rings (SSSR count). The van der Waals surface area contributed by atoms with Gasteiger partial charge in [-0.15, -0.1) is 0 Å². The van der Waals surface area contributed by atoms with Crippen molar-refractivity contribution in [3.63, 3.8) is 0 Å². The largest absolute Gasteiger partial charge is 0.489 e. The molecule has 0 aliphatic carbocycles. The molecule has 2 aliphatic heterocycles. The smallest absolute Gasteiger partial charge is 0.326 e. The number of Topliss-reactive ketones (excluding diaryl/α,β-unsaturated/α-hetero) is 1. The lowest BCUT2D eigenvalue weighted by atomic mass is 9.88. The first-order valence-electron chi connectivity index (χ1n) is 19.4. The number of carboxylic acid groups (broad SMARTS) is 1. The van der Waals surface area contributed by atoms with Gasteiger partial charge in [0.1, 0.15) is 24.1 Å². The van der Waals surface area contributed by atoms with E-state index in [1.165, 1.54) is 5.56 Å². The van der Waals surface area contributed by atoms with Crippen LogP contribution < -0.4 is 14.8 Å². The molecule has 0 bridgehead atoms. The molecule has 11 heteroatoms. The van der Waals surface area contributed by atoms with Crippen LogP contribution in [0.5, 0.6) is 11.5 Å². The van der Waals surface area contributed by atoms with Crippen molar-refractivity contribution in [2.75, 3.05) is 0 Å². The molecule has 298 valence electrons. The summed E-state index contributed by atoms with van der Waals surface area (Å²) in [7, 11) is 0. The van der Waals surface area contributed by atoms with E-state index in [-0.39, 0.29) is 24.5 Å². The molecule has 5 aromatic carbocycles. The fraction of sp³-hybridized carbons (Fsp3) is 0.208. The summed E-state index contributed by atoms with van der Waals surface area (Å²) in [6, 6.07) is 36.3. The molecule has 9 nitrogen and oxygen atoms in total. The number of carboxylic acids is 1. The number of ether oxygens (including phenoxy) is 2. The Kier molecular flexibility index (Phi) is 11.8. The van der Waals surface area contributed by atoms with Crippen molar-refractivity contribution >= 4 is 40.9 Å². The van der Waals surface area contributed by atoms with Gasteiger partial charge in [-0.2, -0.15) is 0 Å². The zero-order valence-electron chi connectivity index (χ0n) is 32.2. The van der Waals surface area contributed by atoms with Crippen LogP contribution in [0.25, 0.3) is 11.1 Å². The van der Waals surface area contributed by atoms with Crippen LogP contribution in [0.1, 0.15) is 50.7 Å². The van der Waals surface area contributed by atoms with E-state index in [2.05, 4.69) is 34.6 Å². The highest BCUT2D eigenvalue weighted by atomic mass is 35.5. The van der Waals surface area contributed by atoms with E-state index in [4.69, 9.17) is 32.7 Å². The highest BCUT2D eigenvalue weighted by Crippen LogP contribution is 2.38. The fourth-order valence-corrected chi connectivity index (χ4v) is 7.96. The first-order chi connectivity index (χ1) is 28.6. The third-order valence-electron chi connectivity index (χ3n) is 10.9. The molecule has 3 heterocycles. The van der Waals surface area contributed by atoms with Gasteiger partial charge < -0.3 is 19.9 Å². The number of aliphatic carboxylic acids is 1. The van der Waals surface area contributed by atoms with E-state index >= 15 is 0 Å². The lowest BCUT2D eigenvalue weighted by molar-refractivity contribution is -0.142. The van der Waals surface area contributed by atoms with Gasteiger partial charge >= 0.3 is 5.97 Å². The maximum atomic E-state index is 14.1. The number of aryl methyl sites for hydroxylation is 1. The summed E-state index contributed by atoms with van der Waals surface area (Å²) in [5.74, 6) is -0.331. The van der Waals surface area contributed by atoms with Crippen molar-refractivity contribution in [1.82, 2.24) is 15.2 Å². The molecule has 0 radical (unpaired) electrons. The Hall–Kier alpha value is -6.00. The molecule has 6 aromatic rings. The number of benzene rings is 5. The maximum Gasteiger partial charge on any atom is 0.326 e. The fourth-order valence-electron chi connectivity index (χ4n) is 7.64. The first-order valence-corrected chi connectivity index (χ1v) is 20.2. The standard InChI is InChI=1S/C48H41Cl2N3O6/c1-29-5-10-32(11-6-29)33-12-7-30(8-13-33)21-42(48(56)57)52-47(55)43-23-35-22-36-24-44(54)46(59-45(36)25-37(35)26-53(43)27-38-4-2-3-19-51-38)34-14-16-39(17-15-34)58-28-31-9-18-40(49)41(50)20-31/h2-20,22,25,42-43,46H,21,23-24,26-28H2,1H3,(H,52,55)(H,56,57)/t42-,43-,46?/m0/s1. The maximum absolute atomic E-state index is 14.1. The predicted octanol–water partition coefficient (Wildman–Crippen LogP) is 8.93. The zero-order valence-corrected chi connectivity index (χ0v) is 33.7. The highest BCUT2D eigenvalue weighted by Gasteiger charge is 2.37. The summed E-state index contributed by atoms with van der Waals surface area (Å²) < 4.78 is 12.3. The number of nitrogens with zero attached hydrogens (tertiary/aromatic N) is 2. The molecular weight excluding hydrogens is 785 g/mol. The molecule has 0 spiro atoms. The first kappa shape index (κ1) is 39.8. The normalized spacial score (nSPS) is 16.6. The summed E-state index contributed by atoms with van der Waals surface area (Å²) in [6.07, 6.45) is 1.54. The zero-order chi connectivity index (χ0) is 41.0. The van der Waals surface area contributed by atoms with E-state index in [0.717, 1.165) is 44.6 Å². The Morgan fingerprint density at radius 3 is 2.29 bits per heavy atom. The molecule has 0 saturated carbocycles. The van der Waals surface area contributed by atoms with Crippen LogP contribution in [-0.2, 0) is 53.3 Å². The number of amides is 1. The Bertz CT molecular complexity index is 2500. The van der Waals surface area contributed by atoms with Gasteiger partial charge in [0.05, 0.1) is 21.8 Å². The van der Waals surface area contributed by atoms with Crippen LogP contribution in [0.15, 0.2) is 128 Å². The second-order valence-corrected chi connectivity index (χ2v) is 15.9.